The standard InChI is InChI=1S/C27H25N5O3/c28-18-24-22-8-4-5-9-23(22)25(19-6-2-1-3-7-19)29-26(24)30-14-16-31(17-15-30)27(33)20-10-12-21(13-11-20)32(34)35/h1-3,6-7,10-13H,4-5,8-9,14-17H2. The van der Waals surface area contributed by atoms with Crippen LogP contribution in [0.5, 0.6) is 0 Å². The molecule has 2 aromatic carbocycles. The molecular weight excluding hydrogens is 442 g/mol. The topological polar surface area (TPSA) is 103 Å². The van der Waals surface area contributed by atoms with Gasteiger partial charge in [-0.2, -0.15) is 5.26 Å². The molecule has 0 radical (unpaired) electrons. The second-order valence-corrected chi connectivity index (χ2v) is 8.88. The Hall–Kier alpha value is -4.25. The molecule has 0 saturated carbocycles. The predicted octanol–water partition coefficient (Wildman–Crippen LogP) is 4.37. The third-order valence-electron chi connectivity index (χ3n) is 6.85. The van der Waals surface area contributed by atoms with Crippen LogP contribution in [-0.2, 0) is 12.8 Å². The van der Waals surface area contributed by atoms with E-state index in [1.807, 2.05) is 18.2 Å². The molecule has 1 saturated heterocycles. The lowest BCUT2D eigenvalue weighted by molar-refractivity contribution is -0.384. The van der Waals surface area contributed by atoms with Gasteiger partial charge >= 0.3 is 0 Å². The lowest BCUT2D eigenvalue weighted by Gasteiger charge is -2.37. The van der Waals surface area contributed by atoms with E-state index in [0.717, 1.165) is 42.5 Å². The Morgan fingerprint density at radius 2 is 1.60 bits per heavy atom. The van der Waals surface area contributed by atoms with Crippen LogP contribution in [0.15, 0.2) is 54.6 Å². The van der Waals surface area contributed by atoms with Crippen LogP contribution < -0.4 is 4.90 Å². The van der Waals surface area contributed by atoms with E-state index >= 15 is 0 Å². The minimum absolute atomic E-state index is 0.0388. The molecule has 8 nitrogen and oxygen atoms in total. The summed E-state index contributed by atoms with van der Waals surface area (Å²) in [7, 11) is 0. The number of hydrogen-bond acceptors (Lipinski definition) is 6. The molecule has 2 aliphatic rings. The van der Waals surface area contributed by atoms with Gasteiger partial charge in [-0.15, -0.1) is 0 Å². The number of nitro benzene ring substituents is 1. The van der Waals surface area contributed by atoms with E-state index < -0.39 is 4.92 Å². The van der Waals surface area contributed by atoms with E-state index in [2.05, 4.69) is 23.1 Å². The van der Waals surface area contributed by atoms with Crippen LogP contribution in [-0.4, -0.2) is 46.9 Å². The molecule has 1 aliphatic heterocycles. The molecule has 3 aromatic rings. The normalized spacial score (nSPS) is 15.3. The summed E-state index contributed by atoms with van der Waals surface area (Å²) in [5.74, 6) is 0.554. The van der Waals surface area contributed by atoms with E-state index in [1.165, 1.54) is 29.8 Å². The van der Waals surface area contributed by atoms with Gasteiger partial charge in [-0.05, 0) is 48.9 Å². The lowest BCUT2D eigenvalue weighted by atomic mass is 9.86. The average molecular weight is 468 g/mol. The zero-order chi connectivity index (χ0) is 24.4. The fraction of sp³-hybridized carbons (Fsp3) is 0.296. The Morgan fingerprint density at radius 3 is 2.23 bits per heavy atom. The number of aromatic nitrogens is 1. The summed E-state index contributed by atoms with van der Waals surface area (Å²) in [6.07, 6.45) is 3.98. The molecule has 0 bridgehead atoms. The Labute approximate surface area is 203 Å². The van der Waals surface area contributed by atoms with Crippen LogP contribution in [0, 0.1) is 21.4 Å². The summed E-state index contributed by atoms with van der Waals surface area (Å²) < 4.78 is 0. The molecule has 1 amide bonds. The monoisotopic (exact) mass is 467 g/mol. The summed E-state index contributed by atoms with van der Waals surface area (Å²) >= 11 is 0. The van der Waals surface area contributed by atoms with Crippen molar-refractivity contribution in [3.63, 3.8) is 0 Å². The maximum atomic E-state index is 12.9. The molecule has 1 fully saturated rings. The summed E-state index contributed by atoms with van der Waals surface area (Å²) in [5, 5.41) is 21.0. The first-order valence-electron chi connectivity index (χ1n) is 11.9. The summed E-state index contributed by atoms with van der Waals surface area (Å²) in [4.78, 5) is 32.3. The predicted molar refractivity (Wildman–Crippen MR) is 132 cm³/mol. The van der Waals surface area contributed by atoms with Crippen molar-refractivity contribution >= 4 is 17.4 Å². The van der Waals surface area contributed by atoms with Crippen LogP contribution in [0.25, 0.3) is 11.3 Å². The summed E-state index contributed by atoms with van der Waals surface area (Å²) in [6, 6.07) is 18.3. The number of carbonyl (C=O) groups excluding carboxylic acids is 1. The molecule has 2 heterocycles. The highest BCUT2D eigenvalue weighted by Crippen LogP contribution is 2.36. The molecule has 35 heavy (non-hydrogen) atoms. The van der Waals surface area contributed by atoms with Crippen molar-refractivity contribution in [2.24, 2.45) is 0 Å². The van der Waals surface area contributed by atoms with Crippen LogP contribution in [0.4, 0.5) is 11.5 Å². The number of non-ortho nitro benzene ring substituents is 1. The van der Waals surface area contributed by atoms with Gasteiger partial charge in [0.2, 0.25) is 0 Å². The third-order valence-corrected chi connectivity index (χ3v) is 6.85. The van der Waals surface area contributed by atoms with Crippen LogP contribution in [0.3, 0.4) is 0 Å². The minimum Gasteiger partial charge on any atom is -0.352 e. The average Bonchev–Trinajstić information content (AvgIpc) is 2.92. The Kier molecular flexibility index (Phi) is 6.15. The van der Waals surface area contributed by atoms with Gasteiger partial charge in [0.05, 0.1) is 16.2 Å². The molecule has 1 aliphatic carbocycles. The maximum absolute atomic E-state index is 12.9. The lowest BCUT2D eigenvalue weighted by Crippen LogP contribution is -2.49. The largest absolute Gasteiger partial charge is 0.352 e. The number of nitriles is 1. The number of piperazine rings is 1. The van der Waals surface area contributed by atoms with Crippen LogP contribution >= 0.6 is 0 Å². The Bertz CT molecular complexity index is 1310. The summed E-state index contributed by atoms with van der Waals surface area (Å²) in [6.45, 7) is 2.10. The Morgan fingerprint density at radius 1 is 0.943 bits per heavy atom. The maximum Gasteiger partial charge on any atom is 0.269 e. The molecule has 1 aromatic heterocycles. The smallest absolute Gasteiger partial charge is 0.269 e. The van der Waals surface area contributed by atoms with Crippen molar-refractivity contribution in [1.82, 2.24) is 9.88 Å². The van der Waals surface area contributed by atoms with Crippen molar-refractivity contribution in [1.29, 1.82) is 5.26 Å². The van der Waals surface area contributed by atoms with Gasteiger partial charge in [0.1, 0.15) is 11.9 Å². The highest BCUT2D eigenvalue weighted by atomic mass is 16.6. The zero-order valence-corrected chi connectivity index (χ0v) is 19.3. The molecule has 0 spiro atoms. The number of carbonyl (C=O) groups is 1. The van der Waals surface area contributed by atoms with Crippen molar-refractivity contribution in [2.45, 2.75) is 25.7 Å². The molecule has 5 rings (SSSR count). The first kappa shape index (κ1) is 22.5. The van der Waals surface area contributed by atoms with Gasteiger partial charge in [-0.1, -0.05) is 30.3 Å². The number of rotatable bonds is 4. The van der Waals surface area contributed by atoms with Crippen molar-refractivity contribution in [2.75, 3.05) is 31.1 Å². The van der Waals surface area contributed by atoms with E-state index in [1.54, 1.807) is 4.90 Å². The molecule has 0 atom stereocenters. The molecular formula is C27H25N5O3. The van der Waals surface area contributed by atoms with Gasteiger partial charge in [-0.25, -0.2) is 4.98 Å². The Balaban J connectivity index is 1.41. The highest BCUT2D eigenvalue weighted by molar-refractivity contribution is 5.94. The quantitative estimate of drug-likeness (QED) is 0.417. The number of nitro groups is 1. The summed E-state index contributed by atoms with van der Waals surface area (Å²) in [5.41, 5.74) is 5.38. The highest BCUT2D eigenvalue weighted by Gasteiger charge is 2.29. The second-order valence-electron chi connectivity index (χ2n) is 8.88. The molecule has 8 heteroatoms. The number of nitrogens with zero attached hydrogens (tertiary/aromatic N) is 5. The number of hydrogen-bond donors (Lipinski definition) is 0. The number of benzene rings is 2. The van der Waals surface area contributed by atoms with Crippen molar-refractivity contribution in [3.05, 3.63) is 87.0 Å². The van der Waals surface area contributed by atoms with Gasteiger partial charge in [-0.3, -0.25) is 14.9 Å². The second kappa shape index (κ2) is 9.55. The number of amides is 1. The SMILES string of the molecule is N#Cc1c(N2CCN(C(=O)c3ccc([N+](=O)[O-])cc3)CC2)nc(-c2ccccc2)c2c1CCCC2. The van der Waals surface area contributed by atoms with E-state index in [9.17, 15) is 20.2 Å². The fourth-order valence-electron chi connectivity index (χ4n) is 5.02. The third kappa shape index (κ3) is 4.33. The van der Waals surface area contributed by atoms with E-state index in [4.69, 9.17) is 4.98 Å². The fourth-order valence-corrected chi connectivity index (χ4v) is 5.02. The first-order valence-corrected chi connectivity index (χ1v) is 11.9. The van der Waals surface area contributed by atoms with Gasteiger partial charge < -0.3 is 9.80 Å². The van der Waals surface area contributed by atoms with E-state index in [-0.39, 0.29) is 11.6 Å². The van der Waals surface area contributed by atoms with E-state index in [0.29, 0.717) is 43.1 Å². The first-order chi connectivity index (χ1) is 17.1. The van der Waals surface area contributed by atoms with Gasteiger partial charge in [0, 0.05) is 49.4 Å². The van der Waals surface area contributed by atoms with Crippen molar-refractivity contribution in [3.8, 4) is 17.3 Å². The zero-order valence-electron chi connectivity index (χ0n) is 19.3. The molecule has 0 unspecified atom stereocenters. The minimum atomic E-state index is -0.477. The van der Waals surface area contributed by atoms with Gasteiger partial charge in [0.25, 0.3) is 11.6 Å². The van der Waals surface area contributed by atoms with Gasteiger partial charge in [0.15, 0.2) is 0 Å². The van der Waals surface area contributed by atoms with Crippen LogP contribution in [0.1, 0.15) is 39.9 Å². The number of pyridine rings is 1. The van der Waals surface area contributed by atoms with Crippen LogP contribution in [0.2, 0.25) is 0 Å². The number of anilines is 1. The number of fused-ring (bicyclic) bond motifs is 1. The van der Waals surface area contributed by atoms with Crippen molar-refractivity contribution < 1.29 is 9.72 Å². The molecule has 176 valence electrons. The molecule has 0 N–H and O–H groups in total.